The van der Waals surface area contributed by atoms with Gasteiger partial charge in [-0.05, 0) is 69.4 Å². The van der Waals surface area contributed by atoms with E-state index in [4.69, 9.17) is 30.5 Å². The number of ether oxygens (including phenoxy) is 4. The predicted octanol–water partition coefficient (Wildman–Crippen LogP) is 5.21. The second-order valence-electron chi connectivity index (χ2n) is 14.0. The number of carbonyl (C=O) groups is 2. The first-order valence-electron chi connectivity index (χ1n) is 17.2. The van der Waals surface area contributed by atoms with Crippen LogP contribution in [0.25, 0.3) is 0 Å². The van der Waals surface area contributed by atoms with Crippen LogP contribution >= 0.6 is 11.6 Å². The lowest BCUT2D eigenvalue weighted by molar-refractivity contribution is -0.157. The Hall–Kier alpha value is -2.57. The van der Waals surface area contributed by atoms with E-state index in [-0.39, 0.29) is 49.4 Å². The molecule has 4 N–H and O–H groups in total. The van der Waals surface area contributed by atoms with Gasteiger partial charge in [0, 0.05) is 37.4 Å². The van der Waals surface area contributed by atoms with Gasteiger partial charge in [0.1, 0.15) is 23.9 Å². The Balaban J connectivity index is 1.87. The van der Waals surface area contributed by atoms with E-state index in [1.807, 2.05) is 38.1 Å². The summed E-state index contributed by atoms with van der Waals surface area (Å²) in [4.78, 5) is 24.7. The molecular formula is C38H56ClNO9. The molecule has 0 aliphatic carbocycles. The van der Waals surface area contributed by atoms with E-state index in [9.17, 15) is 24.9 Å². The third kappa shape index (κ3) is 12.0. The lowest BCUT2D eigenvalue weighted by Gasteiger charge is -2.32. The quantitative estimate of drug-likeness (QED) is 0.0934. The summed E-state index contributed by atoms with van der Waals surface area (Å²) < 4.78 is 23.1. The number of halogens is 1. The smallest absolute Gasteiger partial charge is 0.309 e. The first-order valence-corrected chi connectivity index (χ1v) is 17.6. The molecular weight excluding hydrogens is 650 g/mol. The number of carbonyl (C=O) groups excluding carboxylic acids is 2. The molecule has 1 saturated heterocycles. The van der Waals surface area contributed by atoms with Crippen LogP contribution in [0.2, 0.25) is 5.02 Å². The van der Waals surface area contributed by atoms with Gasteiger partial charge in [0.15, 0.2) is 0 Å². The zero-order chi connectivity index (χ0) is 36.5. The minimum absolute atomic E-state index is 0.0271. The lowest BCUT2D eigenvalue weighted by Crippen LogP contribution is -2.52. The van der Waals surface area contributed by atoms with Gasteiger partial charge in [-0.25, -0.2) is 0 Å². The topological polar surface area (TPSA) is 147 Å². The highest BCUT2D eigenvalue weighted by molar-refractivity contribution is 6.30. The van der Waals surface area contributed by atoms with Crippen LogP contribution in [0, 0.1) is 11.8 Å². The molecule has 3 unspecified atom stereocenters. The lowest BCUT2D eigenvalue weighted by atomic mass is 9.87. The van der Waals surface area contributed by atoms with Crippen molar-refractivity contribution in [2.75, 3.05) is 7.11 Å². The number of esters is 2. The number of nitrogens with one attached hydrogen (secondary N) is 1. The van der Waals surface area contributed by atoms with Crippen LogP contribution in [0.5, 0.6) is 0 Å². The van der Waals surface area contributed by atoms with E-state index in [0.717, 1.165) is 12.0 Å². The molecule has 1 aromatic carbocycles. The zero-order valence-corrected chi connectivity index (χ0v) is 30.9. The van der Waals surface area contributed by atoms with Crippen molar-refractivity contribution < 1.29 is 43.9 Å². The van der Waals surface area contributed by atoms with Crippen LogP contribution in [0.1, 0.15) is 79.7 Å². The van der Waals surface area contributed by atoms with Crippen molar-refractivity contribution >= 4 is 23.5 Å². The van der Waals surface area contributed by atoms with Crippen LogP contribution in [0.15, 0.2) is 60.2 Å². The molecule has 2 heterocycles. The molecule has 0 radical (unpaired) electrons. The van der Waals surface area contributed by atoms with Crippen LogP contribution < -0.4 is 5.32 Å². The summed E-state index contributed by atoms with van der Waals surface area (Å²) >= 11 is 6.09. The highest BCUT2D eigenvalue weighted by atomic mass is 35.5. The molecule has 1 fully saturated rings. The normalized spacial score (nSPS) is 31.5. The van der Waals surface area contributed by atoms with Gasteiger partial charge in [0.2, 0.25) is 0 Å². The van der Waals surface area contributed by atoms with Gasteiger partial charge in [0.05, 0.1) is 36.4 Å². The summed E-state index contributed by atoms with van der Waals surface area (Å²) in [7, 11) is 1.70. The number of methoxy groups -OCH3 is 1. The average molecular weight is 706 g/mol. The van der Waals surface area contributed by atoms with E-state index >= 15 is 0 Å². The van der Waals surface area contributed by atoms with Crippen LogP contribution in [-0.2, 0) is 35.1 Å². The Morgan fingerprint density at radius 3 is 2.51 bits per heavy atom. The Morgan fingerprint density at radius 1 is 1.22 bits per heavy atom. The van der Waals surface area contributed by atoms with Crippen molar-refractivity contribution in [2.45, 2.75) is 135 Å². The molecule has 3 rings (SSSR count). The van der Waals surface area contributed by atoms with Crippen LogP contribution in [0.3, 0.4) is 0 Å². The van der Waals surface area contributed by atoms with E-state index in [1.54, 1.807) is 51.3 Å². The summed E-state index contributed by atoms with van der Waals surface area (Å²) in [5.41, 5.74) is -1.11. The summed E-state index contributed by atoms with van der Waals surface area (Å²) in [5, 5.41) is 37.6. The maximum Gasteiger partial charge on any atom is 0.309 e. The number of hydrogen-bond donors (Lipinski definition) is 4. The van der Waals surface area contributed by atoms with Gasteiger partial charge in [0.25, 0.3) is 0 Å². The number of aliphatic hydroxyl groups excluding tert-OH is 1. The van der Waals surface area contributed by atoms with Gasteiger partial charge < -0.3 is 39.6 Å². The molecule has 2 aliphatic rings. The van der Waals surface area contributed by atoms with E-state index < -0.39 is 47.5 Å². The fraction of sp³-hybridized carbons (Fsp3) is 0.632. The first-order chi connectivity index (χ1) is 23.0. The Kier molecular flexibility index (Phi) is 15.1. The molecule has 49 heavy (non-hydrogen) atoms. The van der Waals surface area contributed by atoms with Gasteiger partial charge in [-0.2, -0.15) is 0 Å². The Labute approximate surface area is 296 Å². The van der Waals surface area contributed by atoms with Crippen molar-refractivity contribution in [1.82, 2.24) is 5.32 Å². The number of benzene rings is 1. The predicted molar refractivity (Wildman–Crippen MR) is 189 cm³/mol. The summed E-state index contributed by atoms with van der Waals surface area (Å²) in [6.45, 7) is 12.9. The fourth-order valence-corrected chi connectivity index (χ4v) is 6.63. The second-order valence-corrected chi connectivity index (χ2v) is 14.5. The molecule has 2 aliphatic heterocycles. The molecule has 0 amide bonds. The Bertz CT molecular complexity index is 1320. The highest BCUT2D eigenvalue weighted by Gasteiger charge is 2.54. The first kappa shape index (κ1) is 40.9. The third-order valence-electron chi connectivity index (χ3n) is 9.63. The molecule has 1 aromatic rings. The summed E-state index contributed by atoms with van der Waals surface area (Å²) in [6, 6.07) is 7.05. The van der Waals surface area contributed by atoms with E-state index in [1.165, 1.54) is 6.92 Å². The summed E-state index contributed by atoms with van der Waals surface area (Å²) in [6.07, 6.45) is 6.32. The van der Waals surface area contributed by atoms with Crippen molar-refractivity contribution in [3.05, 3.63) is 70.8 Å². The molecule has 0 spiro atoms. The minimum atomic E-state index is -1.46. The number of aliphatic hydroxyl groups is 3. The molecule has 0 aromatic heterocycles. The molecule has 0 saturated carbocycles. The van der Waals surface area contributed by atoms with Gasteiger partial charge in [-0.3, -0.25) is 9.59 Å². The maximum absolute atomic E-state index is 12.9. The number of cyclic esters (lactones) is 1. The number of rotatable bonds is 13. The standard InChI is InChI=1S/C38H56ClNO9/c1-9-30(46-8)25(4)34-35(49-34)36(40-22-27-13-15-28(39)16-14-27)38(7,45)19-10-11-23(2)33-24(3)12-17-31(47-26(5)41)37(6,44)20-18-29(42)21-32(43)48-33/h10-17,19,24-25,29-31,33-36,40,42,44-45H,9,18,20-22H2,1-8H3/t24-,25+,29+,30-,31-,33?,34+,35-,36?,37+,38?/m0/s1. The van der Waals surface area contributed by atoms with Crippen molar-refractivity contribution in [3.8, 4) is 0 Å². The zero-order valence-electron chi connectivity index (χ0n) is 30.1. The minimum Gasteiger partial charge on any atom is -0.457 e. The van der Waals surface area contributed by atoms with Gasteiger partial charge in [-0.15, -0.1) is 0 Å². The third-order valence-corrected chi connectivity index (χ3v) is 9.88. The SMILES string of the molecule is CC[C@H](OC)[C@@H](C)[C@H]1O[C@@H]1C(NCc1ccc(Cl)cc1)C(C)(O)C=CC=C(C)C1OC(=O)C[C@H](O)CC[C@@](C)(O)[C@@H](OC(C)=O)C=C[C@@H]1C. The van der Waals surface area contributed by atoms with Gasteiger partial charge in [-0.1, -0.05) is 68.8 Å². The average Bonchev–Trinajstić information content (AvgIpc) is 3.81. The molecule has 11 heteroatoms. The monoisotopic (exact) mass is 705 g/mol. The fourth-order valence-electron chi connectivity index (χ4n) is 6.50. The summed E-state index contributed by atoms with van der Waals surface area (Å²) in [5.74, 6) is -1.39. The molecule has 10 nitrogen and oxygen atoms in total. The number of epoxide rings is 1. The van der Waals surface area contributed by atoms with Crippen molar-refractivity contribution in [3.63, 3.8) is 0 Å². The van der Waals surface area contributed by atoms with Gasteiger partial charge >= 0.3 is 11.9 Å². The highest BCUT2D eigenvalue weighted by Crippen LogP contribution is 2.39. The van der Waals surface area contributed by atoms with Crippen LogP contribution in [0.4, 0.5) is 0 Å². The molecule has 274 valence electrons. The van der Waals surface area contributed by atoms with Crippen molar-refractivity contribution in [1.29, 1.82) is 0 Å². The second kappa shape index (κ2) is 18.1. The number of allylic oxidation sites excluding steroid dienone is 2. The number of hydrogen-bond acceptors (Lipinski definition) is 10. The van der Waals surface area contributed by atoms with E-state index in [2.05, 4.69) is 19.2 Å². The maximum atomic E-state index is 12.9. The molecule has 11 atom stereocenters. The van der Waals surface area contributed by atoms with E-state index in [0.29, 0.717) is 17.1 Å². The Morgan fingerprint density at radius 2 is 1.90 bits per heavy atom. The largest absolute Gasteiger partial charge is 0.457 e. The molecule has 0 bridgehead atoms. The van der Waals surface area contributed by atoms with Crippen LogP contribution in [-0.4, -0.2) is 88.2 Å². The van der Waals surface area contributed by atoms with Crippen molar-refractivity contribution in [2.24, 2.45) is 11.8 Å².